The summed E-state index contributed by atoms with van der Waals surface area (Å²) in [4.78, 5) is 19.9. The number of amidine groups is 1. The Bertz CT molecular complexity index is 979. The smallest absolute Gasteiger partial charge is 0.260 e. The van der Waals surface area contributed by atoms with Crippen LogP contribution in [0.25, 0.3) is 0 Å². The monoisotopic (exact) mass is 324 g/mol. The molecule has 3 aromatic carbocycles. The first-order valence-electron chi connectivity index (χ1n) is 8.45. The van der Waals surface area contributed by atoms with Gasteiger partial charge in [-0.25, -0.2) is 0 Å². The lowest BCUT2D eigenvalue weighted by Crippen LogP contribution is -2.31. The van der Waals surface area contributed by atoms with Crippen LogP contribution in [0, 0.1) is 0 Å². The standard InChI is InChI=1S/C22H16N2O/c25-22-18-14-8-7-13-17(18)21-23-19(15-9-3-1-4-10-15)20(24(21)22)16-11-5-2-6-12-16/h1-14,19-20H/t19-,20+/m0/s1. The van der Waals surface area contributed by atoms with Gasteiger partial charge in [-0.05, 0) is 17.2 Å². The van der Waals surface area contributed by atoms with Crippen molar-refractivity contribution in [3.63, 3.8) is 0 Å². The van der Waals surface area contributed by atoms with Crippen LogP contribution in [-0.4, -0.2) is 16.6 Å². The van der Waals surface area contributed by atoms with Crippen LogP contribution < -0.4 is 0 Å². The van der Waals surface area contributed by atoms with Gasteiger partial charge in [0, 0.05) is 5.56 Å². The Balaban J connectivity index is 1.71. The van der Waals surface area contributed by atoms with Crippen molar-refractivity contribution in [1.82, 2.24) is 4.90 Å². The zero-order valence-electron chi connectivity index (χ0n) is 13.5. The summed E-state index contributed by atoms with van der Waals surface area (Å²) in [5, 5.41) is 0. The average Bonchev–Trinajstić information content (AvgIpc) is 3.20. The summed E-state index contributed by atoms with van der Waals surface area (Å²) in [6.45, 7) is 0. The van der Waals surface area contributed by atoms with Crippen molar-refractivity contribution in [2.75, 3.05) is 0 Å². The van der Waals surface area contributed by atoms with Crippen LogP contribution in [0.1, 0.15) is 39.1 Å². The maximum atomic E-state index is 13.1. The molecule has 0 fully saturated rings. The molecule has 1 amide bonds. The predicted octanol–water partition coefficient (Wildman–Crippen LogP) is 4.39. The van der Waals surface area contributed by atoms with Crippen LogP contribution in [0.5, 0.6) is 0 Å². The maximum Gasteiger partial charge on any atom is 0.260 e. The van der Waals surface area contributed by atoms with Gasteiger partial charge in [-0.2, -0.15) is 0 Å². The van der Waals surface area contributed by atoms with Gasteiger partial charge in [0.05, 0.1) is 11.6 Å². The molecule has 2 aliphatic rings. The molecule has 0 aromatic heterocycles. The Morgan fingerprint density at radius 3 is 1.92 bits per heavy atom. The van der Waals surface area contributed by atoms with Gasteiger partial charge in [-0.15, -0.1) is 0 Å². The molecule has 5 rings (SSSR count). The van der Waals surface area contributed by atoms with E-state index in [-0.39, 0.29) is 18.0 Å². The summed E-state index contributed by atoms with van der Waals surface area (Å²) in [6.07, 6.45) is 0. The first-order chi connectivity index (χ1) is 12.3. The van der Waals surface area contributed by atoms with Gasteiger partial charge in [-0.1, -0.05) is 78.9 Å². The second-order valence-electron chi connectivity index (χ2n) is 6.38. The summed E-state index contributed by atoms with van der Waals surface area (Å²) in [5.41, 5.74) is 3.92. The molecule has 0 radical (unpaired) electrons. The molecule has 0 saturated carbocycles. The molecule has 0 bridgehead atoms. The number of carbonyl (C=O) groups is 1. The van der Waals surface area contributed by atoms with Crippen LogP contribution in [0.4, 0.5) is 0 Å². The lowest BCUT2D eigenvalue weighted by atomic mass is 9.93. The van der Waals surface area contributed by atoms with E-state index in [1.54, 1.807) is 0 Å². The SMILES string of the molecule is O=C1c2ccccc2C2=N[C@@H](c3ccccc3)[C@@H](c3ccccc3)N12. The molecule has 0 N–H and O–H groups in total. The molecule has 0 aliphatic carbocycles. The normalized spacial score (nSPS) is 21.0. The molecular weight excluding hydrogens is 308 g/mol. The van der Waals surface area contributed by atoms with Crippen LogP contribution in [-0.2, 0) is 0 Å². The number of hydrogen-bond donors (Lipinski definition) is 0. The molecule has 120 valence electrons. The second kappa shape index (κ2) is 5.42. The Hall–Kier alpha value is -3.20. The van der Waals surface area contributed by atoms with E-state index in [9.17, 15) is 4.79 Å². The van der Waals surface area contributed by atoms with Crippen molar-refractivity contribution in [3.8, 4) is 0 Å². The van der Waals surface area contributed by atoms with Crippen molar-refractivity contribution >= 4 is 11.7 Å². The molecule has 3 heteroatoms. The summed E-state index contributed by atoms with van der Waals surface area (Å²) >= 11 is 0. The van der Waals surface area contributed by atoms with Crippen molar-refractivity contribution in [2.24, 2.45) is 4.99 Å². The minimum Gasteiger partial charge on any atom is -0.282 e. The Morgan fingerprint density at radius 1 is 0.680 bits per heavy atom. The van der Waals surface area contributed by atoms with Gasteiger partial charge in [-0.3, -0.25) is 14.7 Å². The number of amides is 1. The third kappa shape index (κ3) is 2.06. The molecular formula is C22H16N2O. The number of aliphatic imine (C=N–C) groups is 1. The molecule has 2 atom stereocenters. The number of hydrogen-bond acceptors (Lipinski definition) is 2. The number of nitrogens with zero attached hydrogens (tertiary/aromatic N) is 2. The molecule has 3 aromatic rings. The van der Waals surface area contributed by atoms with Gasteiger partial charge >= 0.3 is 0 Å². The Labute approximate surface area is 146 Å². The van der Waals surface area contributed by atoms with E-state index < -0.39 is 0 Å². The fraction of sp³-hybridized carbons (Fsp3) is 0.0909. The number of carbonyl (C=O) groups excluding carboxylic acids is 1. The van der Waals surface area contributed by atoms with Crippen LogP contribution >= 0.6 is 0 Å². The van der Waals surface area contributed by atoms with Gasteiger partial charge in [0.1, 0.15) is 11.9 Å². The van der Waals surface area contributed by atoms with Crippen molar-refractivity contribution in [3.05, 3.63) is 107 Å². The highest BCUT2D eigenvalue weighted by Gasteiger charge is 2.47. The minimum absolute atomic E-state index is 0.0432. The van der Waals surface area contributed by atoms with E-state index in [1.807, 2.05) is 65.6 Å². The van der Waals surface area contributed by atoms with Crippen molar-refractivity contribution in [1.29, 1.82) is 0 Å². The van der Waals surface area contributed by atoms with Crippen molar-refractivity contribution < 1.29 is 4.79 Å². The summed E-state index contributed by atoms with van der Waals surface area (Å²) < 4.78 is 0. The van der Waals surface area contributed by atoms with Crippen LogP contribution in [0.3, 0.4) is 0 Å². The van der Waals surface area contributed by atoms with Gasteiger partial charge in [0.2, 0.25) is 0 Å². The first kappa shape index (κ1) is 14.2. The summed E-state index contributed by atoms with van der Waals surface area (Å²) in [6, 6.07) is 28.0. The molecule has 3 nitrogen and oxygen atoms in total. The topological polar surface area (TPSA) is 32.7 Å². The summed E-state index contributed by atoms with van der Waals surface area (Å²) in [7, 11) is 0. The zero-order chi connectivity index (χ0) is 16.8. The van der Waals surface area contributed by atoms with Crippen molar-refractivity contribution in [2.45, 2.75) is 12.1 Å². The molecule has 2 heterocycles. The highest BCUT2D eigenvalue weighted by Crippen LogP contribution is 2.46. The third-order valence-corrected chi connectivity index (χ3v) is 4.97. The molecule has 0 unspecified atom stereocenters. The molecule has 0 spiro atoms. The van der Waals surface area contributed by atoms with E-state index in [4.69, 9.17) is 4.99 Å². The molecule has 2 aliphatic heterocycles. The van der Waals surface area contributed by atoms with Gasteiger partial charge < -0.3 is 0 Å². The quantitative estimate of drug-likeness (QED) is 0.688. The fourth-order valence-corrected chi connectivity index (χ4v) is 3.84. The van der Waals surface area contributed by atoms with E-state index >= 15 is 0 Å². The zero-order valence-corrected chi connectivity index (χ0v) is 13.5. The summed E-state index contributed by atoms with van der Waals surface area (Å²) in [5.74, 6) is 0.838. The molecule has 25 heavy (non-hydrogen) atoms. The van der Waals surface area contributed by atoms with Gasteiger partial charge in [0.15, 0.2) is 0 Å². The highest BCUT2D eigenvalue weighted by molar-refractivity contribution is 6.24. The Morgan fingerprint density at radius 2 is 1.24 bits per heavy atom. The average molecular weight is 324 g/mol. The number of benzene rings is 3. The van der Waals surface area contributed by atoms with Crippen LogP contribution in [0.2, 0.25) is 0 Å². The predicted molar refractivity (Wildman–Crippen MR) is 97.5 cm³/mol. The minimum atomic E-state index is -0.113. The third-order valence-electron chi connectivity index (χ3n) is 4.97. The van der Waals surface area contributed by atoms with E-state index in [1.165, 1.54) is 0 Å². The Kier molecular flexibility index (Phi) is 3.07. The lowest BCUT2D eigenvalue weighted by molar-refractivity contribution is 0.0818. The number of rotatable bonds is 2. The molecule has 0 saturated heterocycles. The van der Waals surface area contributed by atoms with E-state index in [0.29, 0.717) is 0 Å². The van der Waals surface area contributed by atoms with E-state index in [0.717, 1.165) is 28.1 Å². The largest absolute Gasteiger partial charge is 0.282 e. The maximum absolute atomic E-state index is 13.1. The van der Waals surface area contributed by atoms with E-state index in [2.05, 4.69) is 24.3 Å². The lowest BCUT2D eigenvalue weighted by Gasteiger charge is -2.26. The first-order valence-corrected chi connectivity index (χ1v) is 8.45. The fourth-order valence-electron chi connectivity index (χ4n) is 3.84. The number of fused-ring (bicyclic) bond motifs is 3. The van der Waals surface area contributed by atoms with Crippen LogP contribution in [0.15, 0.2) is 89.9 Å². The van der Waals surface area contributed by atoms with Gasteiger partial charge in [0.25, 0.3) is 5.91 Å². The highest BCUT2D eigenvalue weighted by atomic mass is 16.2. The second-order valence-corrected chi connectivity index (χ2v) is 6.38.